The smallest absolute Gasteiger partial charge is 0.291 e. The fourth-order valence-electron chi connectivity index (χ4n) is 3.32. The van der Waals surface area contributed by atoms with Crippen molar-refractivity contribution >= 4 is 34.8 Å². The number of benzene rings is 2. The van der Waals surface area contributed by atoms with Crippen molar-refractivity contribution in [2.45, 2.75) is 0 Å². The van der Waals surface area contributed by atoms with Gasteiger partial charge in [-0.15, -0.1) is 0 Å². The summed E-state index contributed by atoms with van der Waals surface area (Å²) in [6, 6.07) is 17.9. The van der Waals surface area contributed by atoms with Crippen LogP contribution >= 0.6 is 11.6 Å². The fraction of sp³-hybridized carbons (Fsp3) is 0.182. The van der Waals surface area contributed by atoms with Crippen LogP contribution in [0.5, 0.6) is 0 Å². The maximum absolute atomic E-state index is 12.8. The summed E-state index contributed by atoms with van der Waals surface area (Å²) in [5, 5.41) is 3.45. The maximum Gasteiger partial charge on any atom is 0.291 e. The molecule has 2 aromatic carbocycles. The molecule has 1 fully saturated rings. The molecule has 1 aliphatic rings. The topological polar surface area (TPSA) is 65.8 Å². The fourth-order valence-corrected chi connectivity index (χ4v) is 3.50. The van der Waals surface area contributed by atoms with Crippen LogP contribution in [0.4, 0.5) is 11.4 Å². The summed E-state index contributed by atoms with van der Waals surface area (Å²) in [6.45, 7) is 2.79. The summed E-state index contributed by atoms with van der Waals surface area (Å²) >= 11 is 6.07. The highest BCUT2D eigenvalue weighted by Gasteiger charge is 2.22. The Balaban J connectivity index is 1.34. The molecule has 0 radical (unpaired) electrons. The predicted molar refractivity (Wildman–Crippen MR) is 113 cm³/mol. The van der Waals surface area contributed by atoms with E-state index in [4.69, 9.17) is 16.0 Å². The second-order valence-corrected chi connectivity index (χ2v) is 7.20. The van der Waals surface area contributed by atoms with Crippen molar-refractivity contribution in [1.82, 2.24) is 4.90 Å². The first-order chi connectivity index (χ1) is 14.1. The molecule has 0 bridgehead atoms. The van der Waals surface area contributed by atoms with E-state index in [9.17, 15) is 9.59 Å². The van der Waals surface area contributed by atoms with Gasteiger partial charge in [-0.1, -0.05) is 17.7 Å². The first-order valence-corrected chi connectivity index (χ1v) is 9.73. The average molecular weight is 410 g/mol. The van der Waals surface area contributed by atoms with E-state index in [-0.39, 0.29) is 17.6 Å². The first kappa shape index (κ1) is 19.1. The van der Waals surface area contributed by atoms with Gasteiger partial charge in [-0.05, 0) is 54.6 Å². The summed E-state index contributed by atoms with van der Waals surface area (Å²) < 4.78 is 5.07. The van der Waals surface area contributed by atoms with Gasteiger partial charge in [0.2, 0.25) is 0 Å². The number of anilines is 2. The molecule has 1 aliphatic heterocycles. The molecule has 2 heterocycles. The van der Waals surface area contributed by atoms with Gasteiger partial charge in [-0.3, -0.25) is 9.59 Å². The Labute approximate surface area is 173 Å². The van der Waals surface area contributed by atoms with Gasteiger partial charge in [0.25, 0.3) is 11.8 Å². The molecule has 3 aromatic rings. The highest BCUT2D eigenvalue weighted by atomic mass is 35.5. The lowest BCUT2D eigenvalue weighted by Gasteiger charge is -2.36. The van der Waals surface area contributed by atoms with Crippen LogP contribution in [-0.2, 0) is 0 Å². The number of nitrogens with one attached hydrogen (secondary N) is 1. The van der Waals surface area contributed by atoms with E-state index in [0.29, 0.717) is 29.4 Å². The number of halogens is 1. The number of piperazine rings is 1. The Kier molecular flexibility index (Phi) is 5.53. The van der Waals surface area contributed by atoms with E-state index in [2.05, 4.69) is 10.2 Å². The van der Waals surface area contributed by atoms with Crippen LogP contribution in [0, 0.1) is 0 Å². The highest BCUT2D eigenvalue weighted by molar-refractivity contribution is 6.30. The number of carbonyl (C=O) groups excluding carboxylic acids is 2. The molecule has 1 N–H and O–H groups in total. The second-order valence-electron chi connectivity index (χ2n) is 6.77. The number of amides is 2. The number of furan rings is 1. The minimum Gasteiger partial charge on any atom is -0.459 e. The quantitative estimate of drug-likeness (QED) is 0.703. The van der Waals surface area contributed by atoms with Crippen LogP contribution in [0.1, 0.15) is 20.9 Å². The van der Waals surface area contributed by atoms with Gasteiger partial charge in [0.15, 0.2) is 5.76 Å². The van der Waals surface area contributed by atoms with E-state index in [0.717, 1.165) is 18.8 Å². The van der Waals surface area contributed by atoms with Crippen LogP contribution in [0.2, 0.25) is 5.02 Å². The summed E-state index contributed by atoms with van der Waals surface area (Å²) in [4.78, 5) is 28.9. The first-order valence-electron chi connectivity index (χ1n) is 9.35. The van der Waals surface area contributed by atoms with Crippen molar-refractivity contribution in [3.8, 4) is 0 Å². The van der Waals surface area contributed by atoms with E-state index >= 15 is 0 Å². The van der Waals surface area contributed by atoms with E-state index in [1.807, 2.05) is 29.2 Å². The third kappa shape index (κ3) is 4.43. The van der Waals surface area contributed by atoms with Crippen molar-refractivity contribution in [2.75, 3.05) is 36.4 Å². The molecule has 29 heavy (non-hydrogen) atoms. The van der Waals surface area contributed by atoms with E-state index < -0.39 is 0 Å². The van der Waals surface area contributed by atoms with Crippen molar-refractivity contribution in [2.24, 2.45) is 0 Å². The van der Waals surface area contributed by atoms with Gasteiger partial charge in [-0.2, -0.15) is 0 Å². The molecule has 0 aliphatic carbocycles. The lowest BCUT2D eigenvalue weighted by molar-refractivity contribution is 0.0746. The van der Waals surface area contributed by atoms with Crippen molar-refractivity contribution < 1.29 is 14.0 Å². The predicted octanol–water partition coefficient (Wildman–Crippen LogP) is 4.15. The molecule has 0 saturated carbocycles. The molecular formula is C22H20ClN3O3. The summed E-state index contributed by atoms with van der Waals surface area (Å²) in [7, 11) is 0. The third-order valence-electron chi connectivity index (χ3n) is 4.87. The van der Waals surface area contributed by atoms with Crippen molar-refractivity contribution in [1.29, 1.82) is 0 Å². The van der Waals surface area contributed by atoms with E-state index in [1.54, 1.807) is 36.4 Å². The van der Waals surface area contributed by atoms with Gasteiger partial charge in [0.1, 0.15) is 0 Å². The molecule has 6 nitrogen and oxygen atoms in total. The molecule has 7 heteroatoms. The molecule has 0 atom stereocenters. The molecule has 1 saturated heterocycles. The molecule has 2 amide bonds. The number of hydrogen-bond donors (Lipinski definition) is 1. The van der Waals surface area contributed by atoms with Crippen molar-refractivity contribution in [3.05, 3.63) is 83.3 Å². The van der Waals surface area contributed by atoms with Crippen LogP contribution < -0.4 is 10.2 Å². The number of nitrogens with zero attached hydrogens (tertiary/aromatic N) is 2. The van der Waals surface area contributed by atoms with Crippen LogP contribution in [-0.4, -0.2) is 42.9 Å². The standard InChI is InChI=1S/C22H20ClN3O3/c23-17-3-1-4-19(15-17)25-10-12-26(13-11-25)22(28)16-6-8-18(9-7-16)24-21(27)20-5-2-14-29-20/h1-9,14-15H,10-13H2,(H,24,27). The Morgan fingerprint density at radius 1 is 0.931 bits per heavy atom. The Bertz CT molecular complexity index is 994. The van der Waals surface area contributed by atoms with Crippen molar-refractivity contribution in [3.63, 3.8) is 0 Å². The average Bonchev–Trinajstić information content (AvgIpc) is 3.29. The lowest BCUT2D eigenvalue weighted by Crippen LogP contribution is -2.48. The number of rotatable bonds is 4. The van der Waals surface area contributed by atoms with Gasteiger partial charge in [0.05, 0.1) is 6.26 Å². The van der Waals surface area contributed by atoms with E-state index in [1.165, 1.54) is 6.26 Å². The second kappa shape index (κ2) is 8.41. The minimum absolute atomic E-state index is 0.0142. The molecule has 148 valence electrons. The highest BCUT2D eigenvalue weighted by Crippen LogP contribution is 2.21. The monoisotopic (exact) mass is 409 g/mol. The third-order valence-corrected chi connectivity index (χ3v) is 5.11. The largest absolute Gasteiger partial charge is 0.459 e. The zero-order valence-electron chi connectivity index (χ0n) is 15.7. The summed E-state index contributed by atoms with van der Waals surface area (Å²) in [5.74, 6) is -0.103. The van der Waals surface area contributed by atoms with Gasteiger partial charge < -0.3 is 19.5 Å². The SMILES string of the molecule is O=C(Nc1ccc(C(=O)N2CCN(c3cccc(Cl)c3)CC2)cc1)c1ccco1. The molecule has 0 spiro atoms. The Morgan fingerprint density at radius 2 is 1.69 bits per heavy atom. The maximum atomic E-state index is 12.8. The molecule has 1 aromatic heterocycles. The van der Waals surface area contributed by atoms with Gasteiger partial charge in [-0.25, -0.2) is 0 Å². The normalized spacial score (nSPS) is 14.0. The number of hydrogen-bond acceptors (Lipinski definition) is 4. The molecule has 4 rings (SSSR count). The van der Waals surface area contributed by atoms with Gasteiger partial charge in [0, 0.05) is 48.1 Å². The van der Waals surface area contributed by atoms with Crippen LogP contribution in [0.3, 0.4) is 0 Å². The Morgan fingerprint density at radius 3 is 2.34 bits per heavy atom. The molecular weight excluding hydrogens is 390 g/mol. The van der Waals surface area contributed by atoms with Crippen LogP contribution in [0.25, 0.3) is 0 Å². The van der Waals surface area contributed by atoms with Crippen LogP contribution in [0.15, 0.2) is 71.3 Å². The zero-order valence-corrected chi connectivity index (χ0v) is 16.4. The minimum atomic E-state index is -0.328. The summed E-state index contributed by atoms with van der Waals surface area (Å²) in [6.07, 6.45) is 1.45. The Hall–Kier alpha value is -3.25. The zero-order chi connectivity index (χ0) is 20.2. The van der Waals surface area contributed by atoms with Gasteiger partial charge >= 0.3 is 0 Å². The number of carbonyl (C=O) groups is 2. The lowest BCUT2D eigenvalue weighted by atomic mass is 10.1. The molecule has 0 unspecified atom stereocenters. The summed E-state index contributed by atoms with van der Waals surface area (Å²) in [5.41, 5.74) is 2.27.